The molecule has 28 heavy (non-hydrogen) atoms. The van der Waals surface area contributed by atoms with E-state index in [-0.39, 0.29) is 11.6 Å². The fourth-order valence-corrected chi connectivity index (χ4v) is 3.69. The minimum Gasteiger partial charge on any atom is -0.372 e. The molecule has 0 unspecified atom stereocenters. The van der Waals surface area contributed by atoms with Crippen LogP contribution in [0.5, 0.6) is 0 Å². The van der Waals surface area contributed by atoms with E-state index in [1.54, 1.807) is 19.1 Å². The Hall–Kier alpha value is -2.89. The van der Waals surface area contributed by atoms with Crippen LogP contribution in [-0.4, -0.2) is 30.5 Å². The normalized spacial score (nSPS) is 14.4. The molecule has 1 saturated heterocycles. The van der Waals surface area contributed by atoms with E-state index in [2.05, 4.69) is 34.5 Å². The number of nitro groups is 1. The topological polar surface area (TPSA) is 75.5 Å². The van der Waals surface area contributed by atoms with Gasteiger partial charge < -0.3 is 10.2 Å². The molecule has 1 fully saturated rings. The van der Waals surface area contributed by atoms with Gasteiger partial charge in [-0.25, -0.2) is 0 Å². The lowest BCUT2D eigenvalue weighted by Gasteiger charge is -2.22. The second kappa shape index (κ2) is 9.35. The van der Waals surface area contributed by atoms with Crippen LogP contribution in [0, 0.1) is 17.0 Å². The Morgan fingerprint density at radius 3 is 2.39 bits per heavy atom. The number of anilines is 1. The van der Waals surface area contributed by atoms with E-state index in [0.29, 0.717) is 17.7 Å². The van der Waals surface area contributed by atoms with Gasteiger partial charge in [-0.05, 0) is 49.9 Å². The molecular formula is C22H27N3O3. The Morgan fingerprint density at radius 2 is 1.75 bits per heavy atom. The third-order valence-corrected chi connectivity index (χ3v) is 5.35. The second-order valence-corrected chi connectivity index (χ2v) is 7.28. The molecular weight excluding hydrogens is 354 g/mol. The van der Waals surface area contributed by atoms with Gasteiger partial charge in [-0.2, -0.15) is 0 Å². The van der Waals surface area contributed by atoms with Crippen molar-refractivity contribution < 1.29 is 9.72 Å². The van der Waals surface area contributed by atoms with Crippen LogP contribution < -0.4 is 10.2 Å². The van der Waals surface area contributed by atoms with Crippen LogP contribution in [0.1, 0.15) is 47.2 Å². The first-order valence-electron chi connectivity index (χ1n) is 9.92. The van der Waals surface area contributed by atoms with Gasteiger partial charge in [0.05, 0.1) is 4.92 Å². The van der Waals surface area contributed by atoms with Gasteiger partial charge in [-0.3, -0.25) is 14.9 Å². The average Bonchev–Trinajstić information content (AvgIpc) is 2.98. The number of amides is 1. The standard InChI is InChI=1S/C22H27N3O3/c1-17-20(7-6-8-21(17)25(27)28)22(26)23-14-13-18-9-11-19(12-10-18)24-15-4-2-3-5-16-24/h6-12H,2-5,13-16H2,1H3,(H,23,26). The van der Waals surface area contributed by atoms with Crippen molar-refractivity contribution >= 4 is 17.3 Å². The number of carbonyl (C=O) groups excluding carboxylic acids is 1. The Labute approximate surface area is 165 Å². The van der Waals surface area contributed by atoms with Gasteiger partial charge in [-0.1, -0.05) is 31.0 Å². The van der Waals surface area contributed by atoms with E-state index in [9.17, 15) is 14.9 Å². The van der Waals surface area contributed by atoms with Gasteiger partial charge in [0, 0.05) is 42.5 Å². The zero-order chi connectivity index (χ0) is 19.9. The van der Waals surface area contributed by atoms with Crippen molar-refractivity contribution in [2.45, 2.75) is 39.0 Å². The minimum atomic E-state index is -0.460. The fraction of sp³-hybridized carbons (Fsp3) is 0.409. The summed E-state index contributed by atoms with van der Waals surface area (Å²) in [5.41, 5.74) is 3.14. The quantitative estimate of drug-likeness (QED) is 0.599. The van der Waals surface area contributed by atoms with E-state index in [1.807, 2.05) is 0 Å². The summed E-state index contributed by atoms with van der Waals surface area (Å²) in [4.78, 5) is 25.4. The number of nitrogens with zero attached hydrogens (tertiary/aromatic N) is 2. The van der Waals surface area contributed by atoms with Gasteiger partial charge in [0.25, 0.3) is 11.6 Å². The number of hydrogen-bond donors (Lipinski definition) is 1. The molecule has 1 N–H and O–H groups in total. The number of nitrogens with one attached hydrogen (secondary N) is 1. The molecule has 148 valence electrons. The molecule has 0 radical (unpaired) electrons. The maximum Gasteiger partial charge on any atom is 0.273 e. The van der Waals surface area contributed by atoms with Gasteiger partial charge in [0.2, 0.25) is 0 Å². The molecule has 6 heteroatoms. The summed E-state index contributed by atoms with van der Waals surface area (Å²) >= 11 is 0. The Balaban J connectivity index is 1.54. The van der Waals surface area contributed by atoms with E-state index in [0.717, 1.165) is 25.1 Å². The Morgan fingerprint density at radius 1 is 1.07 bits per heavy atom. The summed E-state index contributed by atoms with van der Waals surface area (Å²) in [6.45, 7) is 4.34. The number of carbonyl (C=O) groups is 1. The summed E-state index contributed by atoms with van der Waals surface area (Å²) in [7, 11) is 0. The zero-order valence-corrected chi connectivity index (χ0v) is 16.3. The Bertz CT molecular complexity index is 825. The average molecular weight is 381 g/mol. The Kier molecular flexibility index (Phi) is 6.63. The maximum atomic E-state index is 12.4. The van der Waals surface area contributed by atoms with Gasteiger partial charge in [-0.15, -0.1) is 0 Å². The van der Waals surface area contributed by atoms with Crippen LogP contribution in [0.4, 0.5) is 11.4 Å². The molecule has 1 aliphatic heterocycles. The van der Waals surface area contributed by atoms with E-state index in [4.69, 9.17) is 0 Å². The van der Waals surface area contributed by atoms with Crippen LogP contribution in [-0.2, 0) is 6.42 Å². The monoisotopic (exact) mass is 381 g/mol. The first-order chi connectivity index (χ1) is 13.6. The number of hydrogen-bond acceptors (Lipinski definition) is 4. The zero-order valence-electron chi connectivity index (χ0n) is 16.3. The van der Waals surface area contributed by atoms with Crippen molar-refractivity contribution in [3.8, 4) is 0 Å². The molecule has 0 bridgehead atoms. The molecule has 2 aromatic rings. The highest BCUT2D eigenvalue weighted by Crippen LogP contribution is 2.22. The maximum absolute atomic E-state index is 12.4. The summed E-state index contributed by atoms with van der Waals surface area (Å²) in [6.07, 6.45) is 5.87. The second-order valence-electron chi connectivity index (χ2n) is 7.28. The predicted octanol–water partition coefficient (Wildman–Crippen LogP) is 4.26. The molecule has 3 rings (SSSR count). The van der Waals surface area contributed by atoms with E-state index in [1.165, 1.54) is 37.4 Å². The highest BCUT2D eigenvalue weighted by atomic mass is 16.6. The first-order valence-corrected chi connectivity index (χ1v) is 9.92. The smallest absolute Gasteiger partial charge is 0.273 e. The molecule has 0 aromatic heterocycles. The van der Waals surface area contributed by atoms with Crippen LogP contribution in [0.3, 0.4) is 0 Å². The van der Waals surface area contributed by atoms with Crippen LogP contribution >= 0.6 is 0 Å². The summed E-state index contributed by atoms with van der Waals surface area (Å²) in [6, 6.07) is 13.1. The van der Waals surface area contributed by atoms with Crippen molar-refractivity contribution in [3.63, 3.8) is 0 Å². The van der Waals surface area contributed by atoms with Gasteiger partial charge >= 0.3 is 0 Å². The minimum absolute atomic E-state index is 0.0308. The molecule has 1 aliphatic rings. The summed E-state index contributed by atoms with van der Waals surface area (Å²) in [5, 5.41) is 13.9. The third-order valence-electron chi connectivity index (χ3n) is 5.35. The predicted molar refractivity (Wildman–Crippen MR) is 111 cm³/mol. The largest absolute Gasteiger partial charge is 0.372 e. The van der Waals surface area contributed by atoms with Crippen molar-refractivity contribution in [1.82, 2.24) is 5.32 Å². The SMILES string of the molecule is Cc1c(C(=O)NCCc2ccc(N3CCCCCC3)cc2)cccc1[N+](=O)[O-]. The van der Waals surface area contributed by atoms with Crippen molar-refractivity contribution in [1.29, 1.82) is 0 Å². The van der Waals surface area contributed by atoms with Gasteiger partial charge in [0.1, 0.15) is 0 Å². The molecule has 0 aliphatic carbocycles. The van der Waals surface area contributed by atoms with Crippen molar-refractivity contribution in [2.75, 3.05) is 24.5 Å². The van der Waals surface area contributed by atoms with Gasteiger partial charge in [0.15, 0.2) is 0 Å². The van der Waals surface area contributed by atoms with E-state index >= 15 is 0 Å². The summed E-state index contributed by atoms with van der Waals surface area (Å²) < 4.78 is 0. The summed E-state index contributed by atoms with van der Waals surface area (Å²) in [5.74, 6) is -0.276. The molecule has 0 saturated carbocycles. The lowest BCUT2D eigenvalue weighted by atomic mass is 10.1. The number of benzene rings is 2. The molecule has 1 heterocycles. The molecule has 0 atom stereocenters. The molecule has 1 amide bonds. The van der Waals surface area contributed by atoms with Crippen LogP contribution in [0.2, 0.25) is 0 Å². The third kappa shape index (κ3) is 4.88. The van der Waals surface area contributed by atoms with Crippen molar-refractivity contribution in [2.24, 2.45) is 0 Å². The number of rotatable bonds is 6. The molecule has 2 aromatic carbocycles. The lowest BCUT2D eigenvalue weighted by molar-refractivity contribution is -0.385. The fourth-order valence-electron chi connectivity index (χ4n) is 3.69. The molecule has 0 spiro atoms. The molecule has 6 nitrogen and oxygen atoms in total. The van der Waals surface area contributed by atoms with E-state index < -0.39 is 4.92 Å². The lowest BCUT2D eigenvalue weighted by Crippen LogP contribution is -2.26. The highest BCUT2D eigenvalue weighted by Gasteiger charge is 2.17. The first kappa shape index (κ1) is 19.9. The highest BCUT2D eigenvalue weighted by molar-refractivity contribution is 5.96. The van der Waals surface area contributed by atoms with Crippen molar-refractivity contribution in [3.05, 3.63) is 69.3 Å². The number of nitro benzene ring substituents is 1. The van der Waals surface area contributed by atoms with Crippen LogP contribution in [0.25, 0.3) is 0 Å². The van der Waals surface area contributed by atoms with Crippen LogP contribution in [0.15, 0.2) is 42.5 Å².